The molecule has 1 aliphatic heterocycles. The van der Waals surface area contributed by atoms with Crippen molar-refractivity contribution in [1.82, 2.24) is 14.8 Å². The summed E-state index contributed by atoms with van der Waals surface area (Å²) >= 11 is 0. The van der Waals surface area contributed by atoms with Crippen LogP contribution in [0.25, 0.3) is 0 Å². The Morgan fingerprint density at radius 1 is 1.69 bits per heavy atom. The minimum absolute atomic E-state index is 0.0167. The number of carbonyl (C=O) groups excluding carboxylic acids is 1. The molecule has 1 aromatic rings. The fourth-order valence-corrected chi connectivity index (χ4v) is 2.36. The summed E-state index contributed by atoms with van der Waals surface area (Å²) in [7, 11) is 0. The third-order valence-corrected chi connectivity index (χ3v) is 3.31. The quantitative estimate of drug-likeness (QED) is 0.663. The van der Waals surface area contributed by atoms with Crippen LogP contribution in [0.15, 0.2) is 6.33 Å². The topological polar surface area (TPSA) is 103 Å². The summed E-state index contributed by atoms with van der Waals surface area (Å²) < 4.78 is 7.09. The van der Waals surface area contributed by atoms with Gasteiger partial charge in [-0.15, -0.1) is 5.10 Å². The Morgan fingerprint density at radius 3 is 2.94 bits per heavy atom. The van der Waals surface area contributed by atoms with E-state index < -0.39 is 5.91 Å². The molecule has 16 heavy (non-hydrogen) atoms. The van der Waals surface area contributed by atoms with Crippen LogP contribution in [0.3, 0.4) is 0 Å². The SMILES string of the molecule is C[C@@H]1C2[C@@H](O)[C@H]2O[C@H]1n1cnc(C(N)=O)n1. The fourth-order valence-electron chi connectivity index (χ4n) is 2.36. The van der Waals surface area contributed by atoms with Crippen molar-refractivity contribution in [3.8, 4) is 0 Å². The van der Waals surface area contributed by atoms with Crippen LogP contribution in [-0.4, -0.2) is 38.0 Å². The van der Waals surface area contributed by atoms with E-state index in [-0.39, 0.29) is 36.1 Å². The van der Waals surface area contributed by atoms with Gasteiger partial charge < -0.3 is 15.6 Å². The van der Waals surface area contributed by atoms with Crippen LogP contribution < -0.4 is 5.73 Å². The molecule has 1 aromatic heterocycles. The van der Waals surface area contributed by atoms with Gasteiger partial charge in [0.15, 0.2) is 6.23 Å². The number of nitrogens with two attached hydrogens (primary N) is 1. The average molecular weight is 224 g/mol. The highest BCUT2D eigenvalue weighted by Gasteiger charge is 2.62. The zero-order chi connectivity index (χ0) is 11.4. The first kappa shape index (κ1) is 9.73. The van der Waals surface area contributed by atoms with Crippen molar-refractivity contribution in [2.45, 2.75) is 25.4 Å². The zero-order valence-corrected chi connectivity index (χ0v) is 8.65. The molecule has 7 heteroatoms. The first-order chi connectivity index (χ1) is 7.59. The van der Waals surface area contributed by atoms with Gasteiger partial charge in [0, 0.05) is 11.8 Å². The number of amides is 1. The molecule has 2 heterocycles. The second-order valence-corrected chi connectivity index (χ2v) is 4.33. The summed E-state index contributed by atoms with van der Waals surface area (Å²) in [6, 6.07) is 0. The number of rotatable bonds is 2. The minimum Gasteiger partial charge on any atom is -0.390 e. The fraction of sp³-hybridized carbons (Fsp3) is 0.667. The second-order valence-electron chi connectivity index (χ2n) is 4.33. The first-order valence-electron chi connectivity index (χ1n) is 5.14. The molecular weight excluding hydrogens is 212 g/mol. The number of aromatic nitrogens is 3. The number of aliphatic hydroxyl groups excluding tert-OH is 1. The monoisotopic (exact) mass is 224 g/mol. The number of hydrogen-bond donors (Lipinski definition) is 2. The maximum Gasteiger partial charge on any atom is 0.288 e. The van der Waals surface area contributed by atoms with Gasteiger partial charge in [0.2, 0.25) is 5.82 Å². The van der Waals surface area contributed by atoms with E-state index in [2.05, 4.69) is 10.1 Å². The second kappa shape index (κ2) is 3.02. The molecule has 1 aliphatic carbocycles. The summed E-state index contributed by atoms with van der Waals surface area (Å²) in [6.07, 6.45) is 0.712. The van der Waals surface area contributed by atoms with Gasteiger partial charge in [-0.25, -0.2) is 9.67 Å². The number of primary amides is 1. The van der Waals surface area contributed by atoms with E-state index in [9.17, 15) is 9.90 Å². The Hall–Kier alpha value is -1.47. The Balaban J connectivity index is 1.81. The van der Waals surface area contributed by atoms with Gasteiger partial charge in [0.1, 0.15) is 6.33 Å². The molecule has 1 amide bonds. The number of nitrogens with zero attached hydrogens (tertiary/aromatic N) is 3. The molecule has 0 spiro atoms. The van der Waals surface area contributed by atoms with Gasteiger partial charge in [-0.05, 0) is 0 Å². The van der Waals surface area contributed by atoms with E-state index in [1.807, 2.05) is 6.92 Å². The van der Waals surface area contributed by atoms with E-state index in [0.29, 0.717) is 0 Å². The number of carbonyl (C=O) groups is 1. The van der Waals surface area contributed by atoms with Crippen molar-refractivity contribution in [2.75, 3.05) is 0 Å². The lowest BCUT2D eigenvalue weighted by molar-refractivity contribution is -0.0380. The molecule has 1 saturated carbocycles. The van der Waals surface area contributed by atoms with E-state index in [0.717, 1.165) is 0 Å². The lowest BCUT2D eigenvalue weighted by Crippen LogP contribution is -2.22. The smallest absolute Gasteiger partial charge is 0.288 e. The minimum atomic E-state index is -0.658. The van der Waals surface area contributed by atoms with Crippen LogP contribution >= 0.6 is 0 Å². The number of hydrogen-bond acceptors (Lipinski definition) is 5. The highest BCUT2D eigenvalue weighted by Crippen LogP contribution is 2.53. The van der Waals surface area contributed by atoms with E-state index in [1.54, 1.807) is 0 Å². The maximum absolute atomic E-state index is 10.8. The van der Waals surface area contributed by atoms with E-state index in [1.165, 1.54) is 11.0 Å². The molecule has 3 N–H and O–H groups in total. The summed E-state index contributed by atoms with van der Waals surface area (Å²) in [5, 5.41) is 13.4. The summed E-state index contributed by atoms with van der Waals surface area (Å²) in [4.78, 5) is 14.6. The Labute approximate surface area is 91.2 Å². The molecule has 2 aliphatic rings. The van der Waals surface area contributed by atoms with Gasteiger partial charge in [-0.2, -0.15) is 0 Å². The predicted molar refractivity (Wildman–Crippen MR) is 51.1 cm³/mol. The molecule has 86 valence electrons. The highest BCUT2D eigenvalue weighted by molar-refractivity contribution is 5.88. The van der Waals surface area contributed by atoms with Crippen LogP contribution in [0.4, 0.5) is 0 Å². The van der Waals surface area contributed by atoms with Crippen molar-refractivity contribution >= 4 is 5.91 Å². The highest BCUT2D eigenvalue weighted by atomic mass is 16.5. The van der Waals surface area contributed by atoms with Crippen molar-refractivity contribution < 1.29 is 14.6 Å². The van der Waals surface area contributed by atoms with Crippen LogP contribution in [0, 0.1) is 11.8 Å². The third-order valence-electron chi connectivity index (χ3n) is 3.31. The van der Waals surface area contributed by atoms with Gasteiger partial charge in [-0.1, -0.05) is 6.92 Å². The number of fused-ring (bicyclic) bond motifs is 1. The molecule has 0 aromatic carbocycles. The molecule has 0 radical (unpaired) electrons. The standard InChI is InChI=1S/C9H12N4O3/c1-3-4-5(14)6(4)16-9(3)13-2-11-8(12-13)7(10)15/h2-6,9,14H,1H3,(H2,10,15)/t3-,4?,5-,6+,9-/m1/s1. The largest absolute Gasteiger partial charge is 0.390 e. The van der Waals surface area contributed by atoms with Crippen LogP contribution in [0.5, 0.6) is 0 Å². The Bertz CT molecular complexity index is 446. The average Bonchev–Trinajstić information content (AvgIpc) is 2.68. The third kappa shape index (κ3) is 1.18. The predicted octanol–water partition coefficient (Wildman–Crippen LogP) is -1.10. The van der Waals surface area contributed by atoms with E-state index in [4.69, 9.17) is 10.5 Å². The molecule has 1 unspecified atom stereocenters. The van der Waals surface area contributed by atoms with Gasteiger partial charge in [-0.3, -0.25) is 4.79 Å². The van der Waals surface area contributed by atoms with Crippen LogP contribution in [0.1, 0.15) is 23.8 Å². The van der Waals surface area contributed by atoms with Gasteiger partial charge in [0.05, 0.1) is 12.2 Å². The molecule has 5 atom stereocenters. The molecule has 3 rings (SSSR count). The van der Waals surface area contributed by atoms with Crippen molar-refractivity contribution in [1.29, 1.82) is 0 Å². The molecule has 1 saturated heterocycles. The van der Waals surface area contributed by atoms with Gasteiger partial charge >= 0.3 is 0 Å². The number of ether oxygens (including phenoxy) is 1. The van der Waals surface area contributed by atoms with Crippen LogP contribution in [0.2, 0.25) is 0 Å². The van der Waals surface area contributed by atoms with E-state index >= 15 is 0 Å². The zero-order valence-electron chi connectivity index (χ0n) is 8.65. The Kier molecular flexibility index (Phi) is 1.84. The maximum atomic E-state index is 10.8. The van der Waals surface area contributed by atoms with Crippen molar-refractivity contribution in [3.63, 3.8) is 0 Å². The summed E-state index contributed by atoms with van der Waals surface area (Å²) in [5.74, 6) is -0.347. The lowest BCUT2D eigenvalue weighted by Gasteiger charge is -2.18. The van der Waals surface area contributed by atoms with Gasteiger partial charge in [0.25, 0.3) is 5.91 Å². The molecule has 2 fully saturated rings. The van der Waals surface area contributed by atoms with Crippen molar-refractivity contribution in [3.05, 3.63) is 12.2 Å². The lowest BCUT2D eigenvalue weighted by atomic mass is 10.1. The molecule has 7 nitrogen and oxygen atoms in total. The summed E-state index contributed by atoms with van der Waals surface area (Å²) in [5.41, 5.74) is 5.06. The number of aliphatic hydroxyl groups is 1. The van der Waals surface area contributed by atoms with Crippen molar-refractivity contribution in [2.24, 2.45) is 17.6 Å². The first-order valence-corrected chi connectivity index (χ1v) is 5.14. The van der Waals surface area contributed by atoms with Crippen LogP contribution in [-0.2, 0) is 4.74 Å². The summed E-state index contributed by atoms with van der Waals surface area (Å²) in [6.45, 7) is 1.98. The molecule has 0 bridgehead atoms. The Morgan fingerprint density at radius 2 is 2.44 bits per heavy atom. The molecular formula is C9H12N4O3. The normalized spacial score (nSPS) is 40.8.